The summed E-state index contributed by atoms with van der Waals surface area (Å²) in [6.07, 6.45) is 0. The SMILES string of the molecule is COc1cc2sc(C)nc2cc1-c1ccccc1. The molecule has 3 heteroatoms. The highest BCUT2D eigenvalue weighted by Crippen LogP contribution is 2.35. The molecule has 0 amide bonds. The number of nitrogens with zero attached hydrogens (tertiary/aromatic N) is 1. The number of methoxy groups -OCH3 is 1. The summed E-state index contributed by atoms with van der Waals surface area (Å²) in [5, 5.41) is 1.08. The highest BCUT2D eigenvalue weighted by atomic mass is 32.1. The van der Waals surface area contributed by atoms with Gasteiger partial charge in [-0.2, -0.15) is 0 Å². The van der Waals surface area contributed by atoms with Crippen molar-refractivity contribution in [1.29, 1.82) is 0 Å². The standard InChI is InChI=1S/C15H13NOS/c1-10-16-13-8-12(11-6-4-3-5-7-11)14(17-2)9-15(13)18-10/h3-9H,1-2H3. The van der Waals surface area contributed by atoms with Crippen LogP contribution in [0.4, 0.5) is 0 Å². The number of rotatable bonds is 2. The van der Waals surface area contributed by atoms with Gasteiger partial charge < -0.3 is 4.74 Å². The maximum Gasteiger partial charge on any atom is 0.128 e. The average molecular weight is 255 g/mol. The van der Waals surface area contributed by atoms with Crippen molar-refractivity contribution in [3.8, 4) is 16.9 Å². The first-order valence-electron chi connectivity index (χ1n) is 5.78. The van der Waals surface area contributed by atoms with Crippen LogP contribution in [0.2, 0.25) is 0 Å². The minimum Gasteiger partial charge on any atom is -0.496 e. The van der Waals surface area contributed by atoms with E-state index < -0.39 is 0 Å². The van der Waals surface area contributed by atoms with Crippen molar-refractivity contribution in [1.82, 2.24) is 4.98 Å². The van der Waals surface area contributed by atoms with Crippen LogP contribution >= 0.6 is 11.3 Å². The van der Waals surface area contributed by atoms with Gasteiger partial charge in [-0.15, -0.1) is 11.3 Å². The second-order valence-corrected chi connectivity index (χ2v) is 5.35. The summed E-state index contributed by atoms with van der Waals surface area (Å²) in [4.78, 5) is 4.54. The van der Waals surface area contributed by atoms with E-state index in [0.717, 1.165) is 27.4 Å². The van der Waals surface area contributed by atoms with Gasteiger partial charge in [0.05, 0.1) is 22.3 Å². The number of hydrogen-bond acceptors (Lipinski definition) is 3. The third-order valence-corrected chi connectivity index (χ3v) is 3.84. The molecule has 0 atom stereocenters. The molecular formula is C15H13NOS. The number of thiazole rings is 1. The van der Waals surface area contributed by atoms with Gasteiger partial charge in [0.15, 0.2) is 0 Å². The molecule has 0 bridgehead atoms. The molecule has 0 unspecified atom stereocenters. The summed E-state index contributed by atoms with van der Waals surface area (Å²) in [5.41, 5.74) is 3.29. The Hall–Kier alpha value is -1.87. The summed E-state index contributed by atoms with van der Waals surface area (Å²) in [6.45, 7) is 2.03. The zero-order chi connectivity index (χ0) is 12.5. The number of hydrogen-bond donors (Lipinski definition) is 0. The van der Waals surface area contributed by atoms with E-state index in [1.54, 1.807) is 18.4 Å². The van der Waals surface area contributed by atoms with Crippen molar-refractivity contribution in [3.63, 3.8) is 0 Å². The van der Waals surface area contributed by atoms with Crippen LogP contribution in [-0.2, 0) is 0 Å². The molecule has 0 saturated carbocycles. The van der Waals surface area contributed by atoms with Gasteiger partial charge in [0.2, 0.25) is 0 Å². The van der Waals surface area contributed by atoms with Gasteiger partial charge in [0, 0.05) is 11.6 Å². The zero-order valence-corrected chi connectivity index (χ0v) is 11.1. The smallest absolute Gasteiger partial charge is 0.128 e. The Morgan fingerprint density at radius 1 is 1.11 bits per heavy atom. The van der Waals surface area contributed by atoms with Crippen LogP contribution in [0.25, 0.3) is 21.3 Å². The summed E-state index contributed by atoms with van der Waals surface area (Å²) in [6, 6.07) is 14.4. The summed E-state index contributed by atoms with van der Waals surface area (Å²) in [7, 11) is 1.71. The van der Waals surface area contributed by atoms with Crippen LogP contribution in [0, 0.1) is 6.92 Å². The largest absolute Gasteiger partial charge is 0.496 e. The van der Waals surface area contributed by atoms with Crippen molar-refractivity contribution in [2.24, 2.45) is 0 Å². The Morgan fingerprint density at radius 3 is 2.61 bits per heavy atom. The number of benzene rings is 2. The van der Waals surface area contributed by atoms with E-state index in [-0.39, 0.29) is 0 Å². The molecule has 0 saturated heterocycles. The summed E-state index contributed by atoms with van der Waals surface area (Å²) in [5.74, 6) is 0.900. The Kier molecular flexibility index (Phi) is 2.76. The lowest BCUT2D eigenvalue weighted by atomic mass is 10.0. The maximum absolute atomic E-state index is 5.50. The molecule has 0 radical (unpaired) electrons. The second kappa shape index (κ2) is 4.42. The van der Waals surface area contributed by atoms with Crippen molar-refractivity contribution < 1.29 is 4.74 Å². The molecule has 1 aromatic heterocycles. The number of ether oxygens (including phenoxy) is 1. The molecule has 3 rings (SSSR count). The molecular weight excluding hydrogens is 242 g/mol. The van der Waals surface area contributed by atoms with E-state index in [1.165, 1.54) is 4.70 Å². The number of aromatic nitrogens is 1. The van der Waals surface area contributed by atoms with Crippen LogP contribution in [0.15, 0.2) is 42.5 Å². The first-order valence-corrected chi connectivity index (χ1v) is 6.60. The minimum atomic E-state index is 0.900. The first-order chi connectivity index (χ1) is 8.78. The molecule has 2 nitrogen and oxygen atoms in total. The second-order valence-electron chi connectivity index (χ2n) is 4.12. The highest BCUT2D eigenvalue weighted by molar-refractivity contribution is 7.18. The molecule has 3 aromatic rings. The number of fused-ring (bicyclic) bond motifs is 1. The topological polar surface area (TPSA) is 22.1 Å². The predicted octanol–water partition coefficient (Wildman–Crippen LogP) is 4.28. The van der Waals surface area contributed by atoms with Crippen molar-refractivity contribution in [3.05, 3.63) is 47.5 Å². The van der Waals surface area contributed by atoms with E-state index in [4.69, 9.17) is 4.74 Å². The molecule has 18 heavy (non-hydrogen) atoms. The normalized spacial score (nSPS) is 10.8. The fraction of sp³-hybridized carbons (Fsp3) is 0.133. The van der Waals surface area contributed by atoms with Gasteiger partial charge in [-0.1, -0.05) is 30.3 Å². The molecule has 2 aromatic carbocycles. The molecule has 90 valence electrons. The lowest BCUT2D eigenvalue weighted by molar-refractivity contribution is 0.417. The van der Waals surface area contributed by atoms with E-state index in [9.17, 15) is 0 Å². The lowest BCUT2D eigenvalue weighted by Crippen LogP contribution is -1.87. The molecule has 0 fully saturated rings. The van der Waals surface area contributed by atoms with Crippen molar-refractivity contribution in [2.75, 3.05) is 7.11 Å². The molecule has 0 spiro atoms. The van der Waals surface area contributed by atoms with Gasteiger partial charge in [-0.05, 0) is 18.6 Å². The Labute approximate surface area is 110 Å². The van der Waals surface area contributed by atoms with E-state index in [0.29, 0.717) is 0 Å². The average Bonchev–Trinajstić information content (AvgIpc) is 2.77. The highest BCUT2D eigenvalue weighted by Gasteiger charge is 2.10. The third kappa shape index (κ3) is 1.87. The quantitative estimate of drug-likeness (QED) is 0.682. The lowest BCUT2D eigenvalue weighted by Gasteiger charge is -2.08. The zero-order valence-electron chi connectivity index (χ0n) is 10.3. The first kappa shape index (κ1) is 11.2. The third-order valence-electron chi connectivity index (χ3n) is 2.90. The Morgan fingerprint density at radius 2 is 1.89 bits per heavy atom. The number of aryl methyl sites for hydroxylation is 1. The minimum absolute atomic E-state index is 0.900. The van der Waals surface area contributed by atoms with Gasteiger partial charge in [-0.25, -0.2) is 4.98 Å². The molecule has 0 aliphatic carbocycles. The molecule has 0 N–H and O–H groups in total. The van der Waals surface area contributed by atoms with E-state index >= 15 is 0 Å². The van der Waals surface area contributed by atoms with E-state index in [2.05, 4.69) is 29.2 Å². The Bertz CT molecular complexity index is 688. The molecule has 0 aliphatic heterocycles. The van der Waals surface area contributed by atoms with Crippen LogP contribution in [-0.4, -0.2) is 12.1 Å². The maximum atomic E-state index is 5.50. The van der Waals surface area contributed by atoms with Crippen LogP contribution in [0.1, 0.15) is 5.01 Å². The van der Waals surface area contributed by atoms with Crippen molar-refractivity contribution in [2.45, 2.75) is 6.92 Å². The predicted molar refractivity (Wildman–Crippen MR) is 76.3 cm³/mol. The molecule has 0 aliphatic rings. The van der Waals surface area contributed by atoms with Gasteiger partial charge in [0.25, 0.3) is 0 Å². The monoisotopic (exact) mass is 255 g/mol. The summed E-state index contributed by atoms with van der Waals surface area (Å²) >= 11 is 1.69. The van der Waals surface area contributed by atoms with Gasteiger partial charge >= 0.3 is 0 Å². The van der Waals surface area contributed by atoms with Crippen LogP contribution < -0.4 is 4.74 Å². The Balaban J connectivity index is 2.27. The summed E-state index contributed by atoms with van der Waals surface area (Å²) < 4.78 is 6.67. The van der Waals surface area contributed by atoms with Gasteiger partial charge in [0.1, 0.15) is 5.75 Å². The molecule has 1 heterocycles. The van der Waals surface area contributed by atoms with E-state index in [1.807, 2.05) is 25.1 Å². The van der Waals surface area contributed by atoms with Crippen molar-refractivity contribution >= 4 is 21.6 Å². The van der Waals surface area contributed by atoms with Gasteiger partial charge in [-0.3, -0.25) is 0 Å². The fourth-order valence-corrected chi connectivity index (χ4v) is 2.92. The van der Waals surface area contributed by atoms with Crippen LogP contribution in [0.3, 0.4) is 0 Å². The van der Waals surface area contributed by atoms with Crippen LogP contribution in [0.5, 0.6) is 5.75 Å². The fourth-order valence-electron chi connectivity index (χ4n) is 2.08.